The minimum absolute atomic E-state index is 0.167. The van der Waals surface area contributed by atoms with Crippen LogP contribution in [-0.2, 0) is 11.2 Å². The number of imide groups is 1. The summed E-state index contributed by atoms with van der Waals surface area (Å²) in [5.74, 6) is -0.167. The Labute approximate surface area is 151 Å². The highest BCUT2D eigenvalue weighted by atomic mass is 16.2. The van der Waals surface area contributed by atoms with Crippen LogP contribution in [0.25, 0.3) is 4.85 Å². The fourth-order valence-electron chi connectivity index (χ4n) is 3.98. The SMILES string of the molecule is [C-]#[N+]c1ccc(CC23CCCN2C(=O)N(c2ccnc(C)c2)C3=O)cc1. The molecule has 4 rings (SSSR count). The fraction of sp³-hybridized carbons (Fsp3) is 0.300. The average molecular weight is 346 g/mol. The van der Waals surface area contributed by atoms with Gasteiger partial charge in [-0.3, -0.25) is 9.78 Å². The van der Waals surface area contributed by atoms with Crippen molar-refractivity contribution in [3.05, 3.63) is 65.3 Å². The highest BCUT2D eigenvalue weighted by Crippen LogP contribution is 2.42. The number of urea groups is 1. The second kappa shape index (κ2) is 5.95. The summed E-state index contributed by atoms with van der Waals surface area (Å²) in [6, 6.07) is 10.5. The Bertz CT molecular complexity index is 932. The molecule has 2 aliphatic heterocycles. The number of benzene rings is 1. The van der Waals surface area contributed by atoms with Crippen LogP contribution in [0.2, 0.25) is 0 Å². The van der Waals surface area contributed by atoms with Crippen LogP contribution in [0.5, 0.6) is 0 Å². The van der Waals surface area contributed by atoms with Gasteiger partial charge in [-0.2, -0.15) is 0 Å². The molecule has 2 fully saturated rings. The van der Waals surface area contributed by atoms with E-state index in [0.717, 1.165) is 17.7 Å². The van der Waals surface area contributed by atoms with Gasteiger partial charge in [0.2, 0.25) is 0 Å². The molecule has 2 aliphatic rings. The second-order valence-corrected chi connectivity index (χ2v) is 6.82. The molecule has 6 heteroatoms. The van der Waals surface area contributed by atoms with Gasteiger partial charge in [0, 0.05) is 24.9 Å². The highest BCUT2D eigenvalue weighted by Gasteiger charge is 2.59. The summed E-state index contributed by atoms with van der Waals surface area (Å²) in [7, 11) is 0. The highest BCUT2D eigenvalue weighted by molar-refractivity contribution is 6.23. The molecule has 2 aromatic rings. The van der Waals surface area contributed by atoms with Crippen LogP contribution in [0.1, 0.15) is 24.1 Å². The quantitative estimate of drug-likeness (QED) is 0.631. The molecular formula is C20H18N4O2. The molecule has 1 unspecified atom stereocenters. The lowest BCUT2D eigenvalue weighted by Crippen LogP contribution is -2.47. The number of fused-ring (bicyclic) bond motifs is 1. The Kier molecular flexibility index (Phi) is 3.73. The summed E-state index contributed by atoms with van der Waals surface area (Å²) >= 11 is 0. The number of aromatic nitrogens is 1. The molecule has 1 aromatic carbocycles. The van der Waals surface area contributed by atoms with E-state index in [0.29, 0.717) is 30.8 Å². The molecule has 130 valence electrons. The van der Waals surface area contributed by atoms with E-state index >= 15 is 0 Å². The van der Waals surface area contributed by atoms with Gasteiger partial charge < -0.3 is 4.90 Å². The molecule has 0 spiro atoms. The van der Waals surface area contributed by atoms with Gasteiger partial charge in [-0.1, -0.05) is 24.3 Å². The summed E-state index contributed by atoms with van der Waals surface area (Å²) in [4.78, 5) is 36.9. The van der Waals surface area contributed by atoms with Crippen molar-refractivity contribution in [3.63, 3.8) is 0 Å². The van der Waals surface area contributed by atoms with Gasteiger partial charge in [-0.05, 0) is 37.5 Å². The Morgan fingerprint density at radius 2 is 2.00 bits per heavy atom. The summed E-state index contributed by atoms with van der Waals surface area (Å²) < 4.78 is 0. The van der Waals surface area contributed by atoms with E-state index in [1.165, 1.54) is 4.90 Å². The molecule has 0 bridgehead atoms. The van der Waals surface area contributed by atoms with Gasteiger partial charge in [-0.15, -0.1) is 0 Å². The summed E-state index contributed by atoms with van der Waals surface area (Å²) in [6.07, 6.45) is 3.56. The van der Waals surface area contributed by atoms with E-state index in [2.05, 4.69) is 9.83 Å². The van der Waals surface area contributed by atoms with Crippen LogP contribution < -0.4 is 4.90 Å². The first-order valence-corrected chi connectivity index (χ1v) is 8.60. The van der Waals surface area contributed by atoms with Crippen LogP contribution in [0, 0.1) is 13.5 Å². The maximum atomic E-state index is 13.4. The van der Waals surface area contributed by atoms with E-state index in [1.807, 2.05) is 19.1 Å². The van der Waals surface area contributed by atoms with E-state index in [4.69, 9.17) is 6.57 Å². The topological polar surface area (TPSA) is 57.9 Å². The number of nitrogens with zero attached hydrogens (tertiary/aromatic N) is 4. The summed E-state index contributed by atoms with van der Waals surface area (Å²) in [5, 5.41) is 0. The van der Waals surface area contributed by atoms with Gasteiger partial charge in [0.1, 0.15) is 5.54 Å². The van der Waals surface area contributed by atoms with Crippen molar-refractivity contribution in [2.45, 2.75) is 31.7 Å². The third kappa shape index (κ3) is 2.36. The molecule has 26 heavy (non-hydrogen) atoms. The zero-order valence-corrected chi connectivity index (χ0v) is 14.5. The minimum atomic E-state index is -0.826. The van der Waals surface area contributed by atoms with E-state index in [-0.39, 0.29) is 11.9 Å². The van der Waals surface area contributed by atoms with Crippen molar-refractivity contribution in [2.24, 2.45) is 0 Å². The fourth-order valence-corrected chi connectivity index (χ4v) is 3.98. The number of amides is 3. The molecule has 1 atom stereocenters. The van der Waals surface area contributed by atoms with E-state index in [1.54, 1.807) is 35.4 Å². The summed E-state index contributed by atoms with van der Waals surface area (Å²) in [6.45, 7) is 9.48. The Morgan fingerprint density at radius 1 is 1.23 bits per heavy atom. The molecule has 0 aliphatic carbocycles. The molecule has 0 saturated carbocycles. The van der Waals surface area contributed by atoms with E-state index in [9.17, 15) is 9.59 Å². The first-order valence-electron chi connectivity index (χ1n) is 8.60. The molecule has 2 saturated heterocycles. The molecule has 3 amide bonds. The molecule has 3 heterocycles. The minimum Gasteiger partial charge on any atom is -0.309 e. The van der Waals surface area contributed by atoms with Gasteiger partial charge >= 0.3 is 6.03 Å². The predicted octanol–water partition coefficient (Wildman–Crippen LogP) is 3.48. The maximum Gasteiger partial charge on any atom is 0.332 e. The number of rotatable bonds is 3. The van der Waals surface area contributed by atoms with Gasteiger partial charge in [-0.25, -0.2) is 14.5 Å². The van der Waals surface area contributed by atoms with Crippen molar-refractivity contribution < 1.29 is 9.59 Å². The first-order chi connectivity index (χ1) is 12.5. The van der Waals surface area contributed by atoms with Gasteiger partial charge in [0.05, 0.1) is 12.3 Å². The third-order valence-electron chi connectivity index (χ3n) is 5.21. The van der Waals surface area contributed by atoms with Crippen LogP contribution in [0.3, 0.4) is 0 Å². The number of hydrogen-bond acceptors (Lipinski definition) is 3. The van der Waals surface area contributed by atoms with E-state index < -0.39 is 5.54 Å². The molecule has 6 nitrogen and oxygen atoms in total. The summed E-state index contributed by atoms with van der Waals surface area (Å²) in [5.41, 5.74) is 2.03. The zero-order valence-electron chi connectivity index (χ0n) is 14.5. The van der Waals surface area contributed by atoms with Crippen molar-refractivity contribution >= 4 is 23.3 Å². The number of anilines is 1. The van der Waals surface area contributed by atoms with Crippen molar-refractivity contribution in [1.29, 1.82) is 0 Å². The molecule has 1 aromatic heterocycles. The van der Waals surface area contributed by atoms with Crippen LogP contribution >= 0.6 is 0 Å². The number of carbonyl (C=O) groups is 2. The van der Waals surface area contributed by atoms with Crippen LogP contribution in [-0.4, -0.2) is 33.9 Å². The standard InChI is InChI=1S/C20H18N4O2/c1-14-12-17(8-10-22-14)24-18(25)20(9-3-11-23(20)19(24)26)13-15-4-6-16(21-2)7-5-15/h4-8,10,12H,3,9,11,13H2,1H3. The second-order valence-electron chi connectivity index (χ2n) is 6.82. The smallest absolute Gasteiger partial charge is 0.309 e. The number of hydrogen-bond donors (Lipinski definition) is 0. The van der Waals surface area contributed by atoms with Crippen LogP contribution in [0.15, 0.2) is 42.6 Å². The Morgan fingerprint density at radius 3 is 2.69 bits per heavy atom. The Balaban J connectivity index is 1.71. The predicted molar refractivity (Wildman–Crippen MR) is 96.9 cm³/mol. The lowest BCUT2D eigenvalue weighted by Gasteiger charge is -2.28. The Hall–Kier alpha value is -3.20. The largest absolute Gasteiger partial charge is 0.332 e. The van der Waals surface area contributed by atoms with Gasteiger partial charge in [0.25, 0.3) is 5.91 Å². The average Bonchev–Trinajstić information content (AvgIpc) is 3.14. The maximum absolute atomic E-state index is 13.4. The molecule has 0 radical (unpaired) electrons. The number of pyridine rings is 1. The van der Waals surface area contributed by atoms with Gasteiger partial charge in [0.15, 0.2) is 5.69 Å². The van der Waals surface area contributed by atoms with Crippen molar-refractivity contribution in [1.82, 2.24) is 9.88 Å². The lowest BCUT2D eigenvalue weighted by atomic mass is 9.88. The van der Waals surface area contributed by atoms with Crippen molar-refractivity contribution in [2.75, 3.05) is 11.4 Å². The van der Waals surface area contributed by atoms with Crippen LogP contribution in [0.4, 0.5) is 16.2 Å². The lowest BCUT2D eigenvalue weighted by molar-refractivity contribution is -0.123. The normalized spacial score (nSPS) is 21.8. The molecule has 0 N–H and O–H groups in total. The molecular weight excluding hydrogens is 328 g/mol. The first kappa shape index (κ1) is 16.3. The van der Waals surface area contributed by atoms with Crippen molar-refractivity contribution in [3.8, 4) is 0 Å². The number of aryl methyl sites for hydroxylation is 1. The monoisotopic (exact) mass is 346 g/mol. The number of carbonyl (C=O) groups excluding carboxylic acids is 2. The zero-order chi connectivity index (χ0) is 18.3. The third-order valence-corrected chi connectivity index (χ3v) is 5.21.